The lowest BCUT2D eigenvalue weighted by molar-refractivity contribution is -0.126. The number of piperidine rings is 1. The van der Waals surface area contributed by atoms with E-state index >= 15 is 0 Å². The van der Waals surface area contributed by atoms with Gasteiger partial charge in [0.1, 0.15) is 0 Å². The number of carbonyl (C=O) groups excluding carboxylic acids is 2. The van der Waals surface area contributed by atoms with E-state index in [-0.39, 0.29) is 17.9 Å². The van der Waals surface area contributed by atoms with Crippen molar-refractivity contribution in [1.29, 1.82) is 0 Å². The van der Waals surface area contributed by atoms with Crippen LogP contribution in [0.2, 0.25) is 0 Å². The standard InChI is InChI=1S/C14H26N2O3/c1-3-5-6-9-15-13(17)12-8-7-10-16(11-12)14(18)19-4-2/h12H,3-11H2,1-2H3,(H,15,17). The summed E-state index contributed by atoms with van der Waals surface area (Å²) in [6, 6.07) is 0. The number of ether oxygens (including phenoxy) is 1. The average Bonchev–Trinajstić information content (AvgIpc) is 2.44. The minimum atomic E-state index is -0.300. The predicted octanol–water partition coefficient (Wildman–Crippen LogP) is 2.16. The number of rotatable bonds is 6. The Balaban J connectivity index is 2.32. The summed E-state index contributed by atoms with van der Waals surface area (Å²) >= 11 is 0. The quantitative estimate of drug-likeness (QED) is 0.752. The van der Waals surface area contributed by atoms with Crippen LogP contribution in [-0.2, 0) is 9.53 Å². The highest BCUT2D eigenvalue weighted by Gasteiger charge is 2.28. The molecule has 1 rings (SSSR count). The Morgan fingerprint density at radius 3 is 2.79 bits per heavy atom. The molecular weight excluding hydrogens is 244 g/mol. The van der Waals surface area contributed by atoms with Gasteiger partial charge in [-0.05, 0) is 26.2 Å². The zero-order chi connectivity index (χ0) is 14.1. The van der Waals surface area contributed by atoms with Gasteiger partial charge >= 0.3 is 6.09 Å². The Morgan fingerprint density at radius 2 is 2.11 bits per heavy atom. The lowest BCUT2D eigenvalue weighted by Gasteiger charge is -2.31. The zero-order valence-corrected chi connectivity index (χ0v) is 12.1. The molecule has 0 aliphatic carbocycles. The van der Waals surface area contributed by atoms with Crippen LogP contribution in [0.15, 0.2) is 0 Å². The van der Waals surface area contributed by atoms with Gasteiger partial charge < -0.3 is 15.0 Å². The highest BCUT2D eigenvalue weighted by molar-refractivity contribution is 5.79. The second-order valence-electron chi connectivity index (χ2n) is 4.98. The normalized spacial score (nSPS) is 19.1. The van der Waals surface area contributed by atoms with Crippen LogP contribution >= 0.6 is 0 Å². The SMILES string of the molecule is CCCCCNC(=O)C1CCCN(C(=O)OCC)C1. The summed E-state index contributed by atoms with van der Waals surface area (Å²) in [6.07, 6.45) is 4.74. The van der Waals surface area contributed by atoms with Crippen LogP contribution in [0.25, 0.3) is 0 Å². The van der Waals surface area contributed by atoms with Crippen LogP contribution in [0.5, 0.6) is 0 Å². The molecule has 0 saturated carbocycles. The van der Waals surface area contributed by atoms with Gasteiger partial charge in [-0.3, -0.25) is 4.79 Å². The van der Waals surface area contributed by atoms with E-state index in [9.17, 15) is 9.59 Å². The van der Waals surface area contributed by atoms with Gasteiger partial charge in [0.05, 0.1) is 12.5 Å². The Kier molecular flexibility index (Phi) is 7.30. The van der Waals surface area contributed by atoms with Crippen molar-refractivity contribution in [2.45, 2.75) is 46.0 Å². The lowest BCUT2D eigenvalue weighted by Crippen LogP contribution is -2.45. The molecule has 1 heterocycles. The monoisotopic (exact) mass is 270 g/mol. The number of amides is 2. The summed E-state index contributed by atoms with van der Waals surface area (Å²) in [6.45, 7) is 6.22. The van der Waals surface area contributed by atoms with Gasteiger partial charge in [0.2, 0.25) is 5.91 Å². The molecule has 1 aliphatic heterocycles. The number of hydrogen-bond acceptors (Lipinski definition) is 3. The van der Waals surface area contributed by atoms with Crippen molar-refractivity contribution in [3.05, 3.63) is 0 Å². The summed E-state index contributed by atoms with van der Waals surface area (Å²) in [5.41, 5.74) is 0. The van der Waals surface area contributed by atoms with Crippen molar-refractivity contribution in [3.63, 3.8) is 0 Å². The lowest BCUT2D eigenvalue weighted by atomic mass is 9.97. The van der Waals surface area contributed by atoms with Crippen LogP contribution in [0.4, 0.5) is 4.79 Å². The van der Waals surface area contributed by atoms with Gasteiger partial charge in [-0.2, -0.15) is 0 Å². The number of carbonyl (C=O) groups is 2. The minimum Gasteiger partial charge on any atom is -0.450 e. The van der Waals surface area contributed by atoms with Crippen LogP contribution in [0.1, 0.15) is 46.0 Å². The molecule has 0 aromatic carbocycles. The van der Waals surface area contributed by atoms with Gasteiger partial charge in [-0.15, -0.1) is 0 Å². The molecular formula is C14H26N2O3. The third kappa shape index (κ3) is 5.49. The van der Waals surface area contributed by atoms with E-state index in [1.165, 1.54) is 0 Å². The van der Waals surface area contributed by atoms with Crippen LogP contribution in [-0.4, -0.2) is 43.1 Å². The topological polar surface area (TPSA) is 58.6 Å². The van der Waals surface area contributed by atoms with Gasteiger partial charge in [0.25, 0.3) is 0 Å². The number of likely N-dealkylation sites (tertiary alicyclic amines) is 1. The Bertz CT molecular complexity index is 294. The first kappa shape index (κ1) is 15.8. The molecule has 0 aromatic rings. The maximum Gasteiger partial charge on any atom is 0.409 e. The van der Waals surface area contributed by atoms with Crippen molar-refractivity contribution < 1.29 is 14.3 Å². The minimum absolute atomic E-state index is 0.0742. The number of hydrogen-bond donors (Lipinski definition) is 1. The highest BCUT2D eigenvalue weighted by Crippen LogP contribution is 2.17. The largest absolute Gasteiger partial charge is 0.450 e. The molecule has 110 valence electrons. The van der Waals surface area contributed by atoms with Crippen molar-refractivity contribution in [1.82, 2.24) is 10.2 Å². The predicted molar refractivity (Wildman–Crippen MR) is 73.9 cm³/mol. The molecule has 1 N–H and O–H groups in total. The molecule has 0 radical (unpaired) electrons. The van der Waals surface area contributed by atoms with E-state index in [2.05, 4.69) is 12.2 Å². The fourth-order valence-corrected chi connectivity index (χ4v) is 2.30. The molecule has 5 heteroatoms. The first-order chi connectivity index (χ1) is 9.19. The number of unbranched alkanes of at least 4 members (excludes halogenated alkanes) is 2. The summed E-state index contributed by atoms with van der Waals surface area (Å²) in [5, 5.41) is 2.96. The Hall–Kier alpha value is -1.26. The molecule has 1 saturated heterocycles. The molecule has 1 unspecified atom stereocenters. The zero-order valence-electron chi connectivity index (χ0n) is 12.1. The second-order valence-corrected chi connectivity index (χ2v) is 4.98. The maximum atomic E-state index is 12.0. The van der Waals surface area contributed by atoms with E-state index in [0.717, 1.165) is 38.6 Å². The van der Waals surface area contributed by atoms with Gasteiger partial charge in [0, 0.05) is 19.6 Å². The molecule has 0 aromatic heterocycles. The third-order valence-corrected chi connectivity index (χ3v) is 3.40. The van der Waals surface area contributed by atoms with Gasteiger partial charge in [-0.25, -0.2) is 4.79 Å². The van der Waals surface area contributed by atoms with Crippen molar-refractivity contribution in [2.75, 3.05) is 26.2 Å². The summed E-state index contributed by atoms with van der Waals surface area (Å²) in [4.78, 5) is 25.3. The fraction of sp³-hybridized carbons (Fsp3) is 0.857. The van der Waals surface area contributed by atoms with Gasteiger partial charge in [-0.1, -0.05) is 19.8 Å². The van der Waals surface area contributed by atoms with E-state index in [0.29, 0.717) is 19.7 Å². The van der Waals surface area contributed by atoms with E-state index < -0.39 is 0 Å². The molecule has 0 bridgehead atoms. The molecule has 1 atom stereocenters. The smallest absolute Gasteiger partial charge is 0.409 e. The van der Waals surface area contributed by atoms with Crippen LogP contribution in [0, 0.1) is 5.92 Å². The van der Waals surface area contributed by atoms with Crippen LogP contribution < -0.4 is 5.32 Å². The van der Waals surface area contributed by atoms with E-state index in [1.807, 2.05) is 0 Å². The van der Waals surface area contributed by atoms with Crippen molar-refractivity contribution in [2.24, 2.45) is 5.92 Å². The Morgan fingerprint density at radius 1 is 1.32 bits per heavy atom. The summed E-state index contributed by atoms with van der Waals surface area (Å²) in [5.74, 6) is -0.00937. The second kappa shape index (κ2) is 8.77. The molecule has 0 spiro atoms. The molecule has 2 amide bonds. The van der Waals surface area contributed by atoms with E-state index in [4.69, 9.17) is 4.74 Å². The highest BCUT2D eigenvalue weighted by atomic mass is 16.6. The van der Waals surface area contributed by atoms with Gasteiger partial charge in [0.15, 0.2) is 0 Å². The molecule has 1 fully saturated rings. The Labute approximate surface area is 115 Å². The molecule has 1 aliphatic rings. The first-order valence-electron chi connectivity index (χ1n) is 7.38. The van der Waals surface area contributed by atoms with Crippen molar-refractivity contribution in [3.8, 4) is 0 Å². The first-order valence-corrected chi connectivity index (χ1v) is 7.38. The summed E-state index contributed by atoms with van der Waals surface area (Å²) < 4.78 is 4.98. The number of nitrogens with one attached hydrogen (secondary N) is 1. The van der Waals surface area contributed by atoms with E-state index in [1.54, 1.807) is 11.8 Å². The maximum absolute atomic E-state index is 12.0. The fourth-order valence-electron chi connectivity index (χ4n) is 2.30. The molecule has 5 nitrogen and oxygen atoms in total. The summed E-state index contributed by atoms with van der Waals surface area (Å²) in [7, 11) is 0. The number of nitrogens with zero attached hydrogens (tertiary/aromatic N) is 1. The van der Waals surface area contributed by atoms with Crippen LogP contribution in [0.3, 0.4) is 0 Å². The average molecular weight is 270 g/mol. The molecule has 19 heavy (non-hydrogen) atoms. The third-order valence-electron chi connectivity index (χ3n) is 3.40. The van der Waals surface area contributed by atoms with Crippen molar-refractivity contribution >= 4 is 12.0 Å².